The van der Waals surface area contributed by atoms with Crippen LogP contribution in [0.4, 0.5) is 0 Å². The fourth-order valence-corrected chi connectivity index (χ4v) is 3.19. The number of hydrogen-bond acceptors (Lipinski definition) is 6. The predicted molar refractivity (Wildman–Crippen MR) is 93.1 cm³/mol. The number of ketones is 1. The molecule has 134 valence electrons. The Labute approximate surface area is 155 Å². The van der Waals surface area contributed by atoms with Gasteiger partial charge in [0.2, 0.25) is 10.0 Å². The summed E-state index contributed by atoms with van der Waals surface area (Å²) in [6, 6.07) is 13.4. The first-order chi connectivity index (χ1) is 12.3. The summed E-state index contributed by atoms with van der Waals surface area (Å²) in [7, 11) is -4.07. The van der Waals surface area contributed by atoms with E-state index in [2.05, 4.69) is 0 Å². The van der Waals surface area contributed by atoms with Crippen molar-refractivity contribution in [2.45, 2.75) is 4.90 Å². The van der Waals surface area contributed by atoms with E-state index in [1.807, 2.05) is 4.72 Å². The van der Waals surface area contributed by atoms with Crippen molar-refractivity contribution in [3.63, 3.8) is 0 Å². The number of Topliss-reactive ketones (excluding diaryl/α,β-unsaturated/α-hetero) is 1. The molecule has 0 bridgehead atoms. The highest BCUT2D eigenvalue weighted by Crippen LogP contribution is 2.14. The van der Waals surface area contributed by atoms with Gasteiger partial charge in [-0.25, -0.2) is 8.42 Å². The van der Waals surface area contributed by atoms with Gasteiger partial charge >= 0.3 is 5.97 Å². The molecule has 26 heavy (non-hydrogen) atoms. The number of benzene rings is 2. The molecule has 0 aliphatic rings. The highest BCUT2D eigenvalue weighted by Gasteiger charge is 2.20. The van der Waals surface area contributed by atoms with Crippen LogP contribution in [0, 0.1) is 11.3 Å². The summed E-state index contributed by atoms with van der Waals surface area (Å²) in [5, 5.41) is 9.41. The van der Waals surface area contributed by atoms with Crippen molar-refractivity contribution in [1.82, 2.24) is 4.72 Å². The normalized spacial score (nSPS) is 10.8. The molecular formula is C17H13ClN2O5S. The minimum Gasteiger partial charge on any atom is -0.456 e. The van der Waals surface area contributed by atoms with Gasteiger partial charge in [0.25, 0.3) is 0 Å². The second-order valence-corrected chi connectivity index (χ2v) is 7.20. The number of carbonyl (C=O) groups excluding carboxylic acids is 2. The van der Waals surface area contributed by atoms with E-state index in [1.54, 1.807) is 6.07 Å². The average Bonchev–Trinajstić information content (AvgIpc) is 2.65. The van der Waals surface area contributed by atoms with Crippen molar-refractivity contribution >= 4 is 33.4 Å². The zero-order valence-electron chi connectivity index (χ0n) is 13.3. The predicted octanol–water partition coefficient (Wildman–Crippen LogP) is 1.92. The number of carbonyl (C=O) groups is 2. The van der Waals surface area contributed by atoms with Gasteiger partial charge in [0.1, 0.15) is 12.6 Å². The van der Waals surface area contributed by atoms with Crippen LogP contribution in [0.3, 0.4) is 0 Å². The summed E-state index contributed by atoms with van der Waals surface area (Å²) in [4.78, 5) is 23.3. The smallest absolute Gasteiger partial charge is 0.321 e. The van der Waals surface area contributed by atoms with E-state index in [9.17, 15) is 18.0 Å². The van der Waals surface area contributed by atoms with E-state index in [0.29, 0.717) is 10.6 Å². The van der Waals surface area contributed by atoms with Crippen LogP contribution in [0.25, 0.3) is 0 Å². The van der Waals surface area contributed by atoms with Crippen molar-refractivity contribution in [3.8, 4) is 6.07 Å². The van der Waals surface area contributed by atoms with Crippen LogP contribution >= 0.6 is 11.6 Å². The van der Waals surface area contributed by atoms with Gasteiger partial charge in [-0.3, -0.25) is 9.59 Å². The van der Waals surface area contributed by atoms with Gasteiger partial charge in [0, 0.05) is 10.6 Å². The van der Waals surface area contributed by atoms with Gasteiger partial charge < -0.3 is 4.74 Å². The molecule has 9 heteroatoms. The molecule has 0 unspecified atom stereocenters. The van der Waals surface area contributed by atoms with Crippen LogP contribution in [-0.4, -0.2) is 33.3 Å². The van der Waals surface area contributed by atoms with E-state index in [1.165, 1.54) is 48.5 Å². The lowest BCUT2D eigenvalue weighted by Gasteiger charge is -2.08. The molecule has 0 aliphatic heterocycles. The first-order valence-corrected chi connectivity index (χ1v) is 9.13. The zero-order valence-corrected chi connectivity index (χ0v) is 14.9. The quantitative estimate of drug-likeness (QED) is 0.568. The van der Waals surface area contributed by atoms with E-state index in [-0.39, 0.29) is 10.5 Å². The zero-order chi connectivity index (χ0) is 19.2. The number of esters is 1. The number of ether oxygens (including phenoxy) is 1. The van der Waals surface area contributed by atoms with Crippen LogP contribution in [-0.2, 0) is 19.6 Å². The summed E-state index contributed by atoms with van der Waals surface area (Å²) >= 11 is 5.72. The second kappa shape index (κ2) is 8.58. The number of nitriles is 1. The fraction of sp³-hybridized carbons (Fsp3) is 0.118. The number of sulfonamides is 1. The van der Waals surface area contributed by atoms with Gasteiger partial charge in [-0.15, -0.1) is 0 Å². The van der Waals surface area contributed by atoms with Crippen LogP contribution in [0.1, 0.15) is 15.9 Å². The number of nitrogens with zero attached hydrogens (tertiary/aromatic N) is 1. The number of nitrogens with one attached hydrogen (secondary N) is 1. The molecule has 2 aromatic rings. The third-order valence-electron chi connectivity index (χ3n) is 3.23. The molecule has 1 N–H and O–H groups in total. The third kappa shape index (κ3) is 5.13. The van der Waals surface area contributed by atoms with Crippen molar-refractivity contribution in [1.29, 1.82) is 5.26 Å². The van der Waals surface area contributed by atoms with Crippen molar-refractivity contribution in [2.75, 3.05) is 13.2 Å². The largest absolute Gasteiger partial charge is 0.456 e. The summed E-state index contributed by atoms with van der Waals surface area (Å²) in [6.07, 6.45) is 0. The highest BCUT2D eigenvalue weighted by atomic mass is 35.5. The number of rotatable bonds is 7. The molecule has 0 aliphatic carbocycles. The molecule has 0 radical (unpaired) electrons. The van der Waals surface area contributed by atoms with Gasteiger partial charge in [-0.1, -0.05) is 23.7 Å². The first-order valence-electron chi connectivity index (χ1n) is 7.26. The summed E-state index contributed by atoms with van der Waals surface area (Å²) in [5.41, 5.74) is 0.261. The summed E-state index contributed by atoms with van der Waals surface area (Å²) in [6.45, 7) is -1.20. The molecule has 0 fully saturated rings. The van der Waals surface area contributed by atoms with Crippen molar-refractivity contribution < 1.29 is 22.7 Å². The number of hydrogen-bond donors (Lipinski definition) is 1. The molecule has 7 nitrogen and oxygen atoms in total. The van der Waals surface area contributed by atoms with Gasteiger partial charge in [0.05, 0.1) is 10.5 Å². The molecule has 0 amide bonds. The molecule has 2 rings (SSSR count). The molecule has 0 spiro atoms. The Morgan fingerprint density at radius 1 is 1.12 bits per heavy atom. The third-order valence-corrected chi connectivity index (χ3v) is 4.95. The summed E-state index contributed by atoms with van der Waals surface area (Å²) < 4.78 is 31.1. The van der Waals surface area contributed by atoms with Crippen LogP contribution in [0.2, 0.25) is 5.02 Å². The molecule has 0 saturated carbocycles. The minimum atomic E-state index is -4.07. The maximum Gasteiger partial charge on any atom is 0.321 e. The van der Waals surface area contributed by atoms with Crippen molar-refractivity contribution in [2.24, 2.45) is 0 Å². The average molecular weight is 393 g/mol. The second-order valence-electron chi connectivity index (χ2n) is 5.02. The highest BCUT2D eigenvalue weighted by molar-refractivity contribution is 7.89. The Bertz CT molecular complexity index is 965. The van der Waals surface area contributed by atoms with Gasteiger partial charge in [-0.05, 0) is 36.4 Å². The van der Waals surface area contributed by atoms with Gasteiger partial charge in [0.15, 0.2) is 12.4 Å². The lowest BCUT2D eigenvalue weighted by molar-refractivity contribution is -0.141. The summed E-state index contributed by atoms with van der Waals surface area (Å²) in [5.74, 6) is -1.38. The topological polar surface area (TPSA) is 113 Å². The molecule has 2 aromatic carbocycles. The fourth-order valence-electron chi connectivity index (χ4n) is 1.94. The molecule has 0 atom stereocenters. The van der Waals surface area contributed by atoms with E-state index in [4.69, 9.17) is 21.6 Å². The van der Waals surface area contributed by atoms with E-state index >= 15 is 0 Å². The Kier molecular flexibility index (Phi) is 6.46. The maximum absolute atomic E-state index is 12.2. The first kappa shape index (κ1) is 19.6. The SMILES string of the molecule is N#Cc1ccccc1S(=O)(=O)NCC(=O)OCC(=O)c1ccc(Cl)cc1. The Morgan fingerprint density at radius 3 is 2.42 bits per heavy atom. The molecule has 0 heterocycles. The van der Waals surface area contributed by atoms with Crippen molar-refractivity contribution in [3.05, 3.63) is 64.7 Å². The standard InChI is InChI=1S/C17H13ClN2O5S/c18-14-7-5-12(6-8-14)15(21)11-25-17(22)10-20-26(23,24)16-4-2-1-3-13(16)9-19/h1-8,20H,10-11H2. The lowest BCUT2D eigenvalue weighted by atomic mass is 10.1. The molecule has 0 aromatic heterocycles. The molecule has 0 saturated heterocycles. The Morgan fingerprint density at radius 2 is 1.77 bits per heavy atom. The minimum absolute atomic E-state index is 0.0497. The van der Waals surface area contributed by atoms with E-state index in [0.717, 1.165) is 0 Å². The monoisotopic (exact) mass is 392 g/mol. The lowest BCUT2D eigenvalue weighted by Crippen LogP contribution is -2.32. The van der Waals surface area contributed by atoms with Crippen LogP contribution in [0.15, 0.2) is 53.4 Å². The molecular weight excluding hydrogens is 380 g/mol. The van der Waals surface area contributed by atoms with E-state index < -0.39 is 34.9 Å². The maximum atomic E-state index is 12.2. The number of halogens is 1. The van der Waals surface area contributed by atoms with Crippen LogP contribution in [0.5, 0.6) is 0 Å². The Balaban J connectivity index is 1.91. The van der Waals surface area contributed by atoms with Gasteiger partial charge in [-0.2, -0.15) is 9.98 Å². The Hall–Kier alpha value is -2.73. The van der Waals surface area contributed by atoms with Crippen LogP contribution < -0.4 is 4.72 Å².